The number of carboxylic acid groups (broad SMARTS) is 1. The van der Waals surface area contributed by atoms with Gasteiger partial charge in [0, 0.05) is 32.5 Å². The normalized spacial score (nSPS) is 26.0. The Balaban J connectivity index is 1.68. The average molecular weight is 347 g/mol. The van der Waals surface area contributed by atoms with E-state index < -0.39 is 17.2 Å². The minimum atomic E-state index is -1.29. The SMILES string of the molecule is CC1(C(=O)N2CCC(Oc3ccccc3)(C(=O)O)CC2)CCCCO1. The zero-order chi connectivity index (χ0) is 17.9. The number of amides is 1. The van der Waals surface area contributed by atoms with Gasteiger partial charge in [-0.3, -0.25) is 4.79 Å². The van der Waals surface area contributed by atoms with Crippen molar-refractivity contribution in [2.75, 3.05) is 19.7 Å². The van der Waals surface area contributed by atoms with Gasteiger partial charge in [-0.15, -0.1) is 0 Å². The van der Waals surface area contributed by atoms with Crippen molar-refractivity contribution in [2.24, 2.45) is 0 Å². The molecule has 0 aromatic heterocycles. The molecule has 0 aliphatic carbocycles. The number of carbonyl (C=O) groups excluding carboxylic acids is 1. The van der Waals surface area contributed by atoms with Crippen LogP contribution >= 0.6 is 0 Å². The van der Waals surface area contributed by atoms with Crippen molar-refractivity contribution in [3.63, 3.8) is 0 Å². The molecule has 1 N–H and O–H groups in total. The minimum Gasteiger partial charge on any atom is -0.478 e. The van der Waals surface area contributed by atoms with Crippen LogP contribution in [0.2, 0.25) is 0 Å². The van der Waals surface area contributed by atoms with Crippen LogP contribution in [0.15, 0.2) is 30.3 Å². The third-order valence-electron chi connectivity index (χ3n) is 5.23. The van der Waals surface area contributed by atoms with Crippen LogP contribution in [-0.2, 0) is 14.3 Å². The smallest absolute Gasteiger partial charge is 0.348 e. The van der Waals surface area contributed by atoms with Crippen LogP contribution in [0, 0.1) is 0 Å². The summed E-state index contributed by atoms with van der Waals surface area (Å²) in [6.07, 6.45) is 3.20. The van der Waals surface area contributed by atoms with Crippen molar-refractivity contribution < 1.29 is 24.2 Å². The summed E-state index contributed by atoms with van der Waals surface area (Å²) < 4.78 is 11.6. The van der Waals surface area contributed by atoms with Crippen molar-refractivity contribution >= 4 is 11.9 Å². The Kier molecular flexibility index (Phi) is 4.99. The van der Waals surface area contributed by atoms with Crippen molar-refractivity contribution in [3.8, 4) is 5.75 Å². The monoisotopic (exact) mass is 347 g/mol. The van der Waals surface area contributed by atoms with Gasteiger partial charge in [-0.05, 0) is 38.3 Å². The summed E-state index contributed by atoms with van der Waals surface area (Å²) in [5.74, 6) is -0.485. The molecule has 2 aliphatic heterocycles. The van der Waals surface area contributed by atoms with Crippen LogP contribution < -0.4 is 4.74 Å². The van der Waals surface area contributed by atoms with Crippen molar-refractivity contribution in [3.05, 3.63) is 30.3 Å². The molecule has 0 radical (unpaired) electrons. The Bertz CT molecular complexity index is 616. The van der Waals surface area contributed by atoms with Crippen LogP contribution in [-0.4, -0.2) is 52.8 Å². The molecule has 136 valence electrons. The summed E-state index contributed by atoms with van der Waals surface area (Å²) in [6.45, 7) is 3.16. The van der Waals surface area contributed by atoms with E-state index in [0.717, 1.165) is 12.8 Å². The lowest BCUT2D eigenvalue weighted by atomic mass is 9.88. The van der Waals surface area contributed by atoms with Crippen molar-refractivity contribution in [2.45, 2.75) is 50.2 Å². The molecule has 0 spiro atoms. The highest BCUT2D eigenvalue weighted by atomic mass is 16.5. The number of carbonyl (C=O) groups is 2. The molecule has 0 saturated carbocycles. The van der Waals surface area contributed by atoms with Gasteiger partial charge in [0.25, 0.3) is 5.91 Å². The zero-order valence-electron chi connectivity index (χ0n) is 14.6. The van der Waals surface area contributed by atoms with Gasteiger partial charge in [0.15, 0.2) is 0 Å². The maximum absolute atomic E-state index is 12.8. The standard InChI is InChI=1S/C19H25NO5/c1-18(9-5-6-14-24-18)16(21)20-12-10-19(11-13-20,17(22)23)25-15-7-3-2-4-8-15/h2-4,7-8H,5-6,9-14H2,1H3,(H,22,23). The van der Waals surface area contributed by atoms with Crippen LogP contribution in [0.3, 0.4) is 0 Å². The molecule has 2 heterocycles. The third kappa shape index (κ3) is 3.63. The fourth-order valence-corrected chi connectivity index (χ4v) is 3.58. The fraction of sp³-hybridized carbons (Fsp3) is 0.579. The first-order chi connectivity index (χ1) is 12.0. The number of para-hydroxylation sites is 1. The maximum Gasteiger partial charge on any atom is 0.348 e. The van der Waals surface area contributed by atoms with Crippen LogP contribution in [0.4, 0.5) is 0 Å². The quantitative estimate of drug-likeness (QED) is 0.905. The first-order valence-corrected chi connectivity index (χ1v) is 8.86. The average Bonchev–Trinajstić information content (AvgIpc) is 2.63. The lowest BCUT2D eigenvalue weighted by Crippen LogP contribution is -2.58. The number of hydrogen-bond donors (Lipinski definition) is 1. The zero-order valence-corrected chi connectivity index (χ0v) is 14.6. The van der Waals surface area contributed by atoms with Gasteiger partial charge in [-0.2, -0.15) is 0 Å². The minimum absolute atomic E-state index is 0.0362. The summed E-state index contributed by atoms with van der Waals surface area (Å²) >= 11 is 0. The predicted molar refractivity (Wildman–Crippen MR) is 91.5 cm³/mol. The van der Waals surface area contributed by atoms with Gasteiger partial charge in [-0.25, -0.2) is 4.79 Å². The second kappa shape index (κ2) is 7.04. The molecule has 1 unspecified atom stereocenters. The number of ether oxygens (including phenoxy) is 2. The lowest BCUT2D eigenvalue weighted by Gasteiger charge is -2.42. The number of aliphatic carboxylic acids is 1. The summed E-state index contributed by atoms with van der Waals surface area (Å²) in [5, 5.41) is 9.72. The number of carboxylic acids is 1. The van der Waals surface area contributed by atoms with Crippen LogP contribution in [0.25, 0.3) is 0 Å². The molecular formula is C19H25NO5. The topological polar surface area (TPSA) is 76.1 Å². The van der Waals surface area contributed by atoms with E-state index >= 15 is 0 Å². The summed E-state index contributed by atoms with van der Waals surface area (Å²) in [7, 11) is 0. The molecule has 6 nitrogen and oxygen atoms in total. The number of benzene rings is 1. The first kappa shape index (κ1) is 17.7. The van der Waals surface area contributed by atoms with Crippen molar-refractivity contribution in [1.29, 1.82) is 0 Å². The molecule has 2 aliphatic rings. The Morgan fingerprint density at radius 1 is 1.12 bits per heavy atom. The van der Waals surface area contributed by atoms with E-state index in [1.807, 2.05) is 25.1 Å². The Hall–Kier alpha value is -2.08. The lowest BCUT2D eigenvalue weighted by molar-refractivity contribution is -0.171. The van der Waals surface area contributed by atoms with Gasteiger partial charge < -0.3 is 19.5 Å². The molecule has 1 atom stereocenters. The van der Waals surface area contributed by atoms with Gasteiger partial charge in [-0.1, -0.05) is 18.2 Å². The fourth-order valence-electron chi connectivity index (χ4n) is 3.58. The summed E-state index contributed by atoms with van der Waals surface area (Å²) in [5.41, 5.74) is -2.06. The number of rotatable bonds is 4. The number of hydrogen-bond acceptors (Lipinski definition) is 4. The molecule has 1 amide bonds. The molecule has 0 bridgehead atoms. The van der Waals surface area contributed by atoms with Gasteiger partial charge >= 0.3 is 5.97 Å². The molecule has 3 rings (SSSR count). The van der Waals surface area contributed by atoms with Gasteiger partial charge in [0.05, 0.1) is 0 Å². The first-order valence-electron chi connectivity index (χ1n) is 8.86. The highest BCUT2D eigenvalue weighted by Crippen LogP contribution is 2.32. The predicted octanol–water partition coefficient (Wildman–Crippen LogP) is 2.47. The molecule has 2 saturated heterocycles. The Morgan fingerprint density at radius 2 is 1.80 bits per heavy atom. The molecule has 1 aromatic rings. The Labute approximate surface area is 147 Å². The van der Waals surface area contributed by atoms with Gasteiger partial charge in [0.2, 0.25) is 5.60 Å². The Morgan fingerprint density at radius 3 is 2.36 bits per heavy atom. The summed E-state index contributed by atoms with van der Waals surface area (Å²) in [4.78, 5) is 26.4. The summed E-state index contributed by atoms with van der Waals surface area (Å²) in [6, 6.07) is 8.97. The number of likely N-dealkylation sites (tertiary alicyclic amines) is 1. The second-order valence-corrected chi connectivity index (χ2v) is 7.04. The van der Waals surface area contributed by atoms with E-state index in [1.54, 1.807) is 17.0 Å². The molecule has 2 fully saturated rings. The van der Waals surface area contributed by atoms with Crippen LogP contribution in [0.5, 0.6) is 5.75 Å². The molecule has 6 heteroatoms. The third-order valence-corrected chi connectivity index (χ3v) is 5.23. The van der Waals surface area contributed by atoms with E-state index in [-0.39, 0.29) is 18.7 Å². The largest absolute Gasteiger partial charge is 0.478 e. The molecule has 25 heavy (non-hydrogen) atoms. The van der Waals surface area contributed by atoms with E-state index in [9.17, 15) is 14.7 Å². The van der Waals surface area contributed by atoms with Crippen molar-refractivity contribution in [1.82, 2.24) is 4.90 Å². The highest BCUT2D eigenvalue weighted by Gasteiger charge is 2.47. The number of nitrogens with zero attached hydrogens (tertiary/aromatic N) is 1. The van der Waals surface area contributed by atoms with E-state index in [4.69, 9.17) is 9.47 Å². The van der Waals surface area contributed by atoms with Gasteiger partial charge in [0.1, 0.15) is 11.4 Å². The maximum atomic E-state index is 12.8. The van der Waals surface area contributed by atoms with Crippen LogP contribution in [0.1, 0.15) is 39.0 Å². The molecule has 1 aromatic carbocycles. The second-order valence-electron chi connectivity index (χ2n) is 7.04. The van der Waals surface area contributed by atoms with E-state index in [0.29, 0.717) is 31.9 Å². The van der Waals surface area contributed by atoms with E-state index in [1.165, 1.54) is 0 Å². The number of piperidine rings is 1. The molecular weight excluding hydrogens is 322 g/mol. The van der Waals surface area contributed by atoms with E-state index in [2.05, 4.69) is 0 Å². The highest BCUT2D eigenvalue weighted by molar-refractivity contribution is 5.86.